The number of hydrogen-bond acceptors (Lipinski definition) is 5. The SMILES string of the molecule is CC1C(=O)NCCN1C(=O)c1cc(N)c(F)cc1[N+](=O)[O-]. The summed E-state index contributed by atoms with van der Waals surface area (Å²) in [5, 5.41) is 13.5. The number of nitrogens with zero attached hydrogens (tertiary/aromatic N) is 2. The van der Waals surface area contributed by atoms with Crippen LogP contribution in [0.15, 0.2) is 12.1 Å². The van der Waals surface area contributed by atoms with E-state index in [0.29, 0.717) is 6.07 Å². The molecule has 0 radical (unpaired) electrons. The molecule has 21 heavy (non-hydrogen) atoms. The monoisotopic (exact) mass is 296 g/mol. The Morgan fingerprint density at radius 2 is 2.24 bits per heavy atom. The third-order valence-electron chi connectivity index (χ3n) is 3.30. The Balaban J connectivity index is 2.45. The zero-order valence-corrected chi connectivity index (χ0v) is 11.1. The maximum Gasteiger partial charge on any atom is 0.285 e. The Morgan fingerprint density at radius 3 is 2.86 bits per heavy atom. The molecule has 8 nitrogen and oxygen atoms in total. The van der Waals surface area contributed by atoms with E-state index in [1.165, 1.54) is 11.8 Å². The lowest BCUT2D eigenvalue weighted by molar-refractivity contribution is -0.385. The first-order valence-electron chi connectivity index (χ1n) is 6.15. The van der Waals surface area contributed by atoms with Crippen LogP contribution < -0.4 is 11.1 Å². The number of rotatable bonds is 2. The summed E-state index contributed by atoms with van der Waals surface area (Å²) in [6.45, 7) is 1.96. The van der Waals surface area contributed by atoms with Crippen molar-refractivity contribution >= 4 is 23.2 Å². The van der Waals surface area contributed by atoms with Gasteiger partial charge in [0.05, 0.1) is 16.7 Å². The number of nitrogen functional groups attached to an aromatic ring is 1. The number of anilines is 1. The molecule has 112 valence electrons. The summed E-state index contributed by atoms with van der Waals surface area (Å²) in [7, 11) is 0. The molecule has 1 aliphatic rings. The van der Waals surface area contributed by atoms with E-state index < -0.39 is 28.4 Å². The van der Waals surface area contributed by atoms with E-state index in [-0.39, 0.29) is 30.2 Å². The highest BCUT2D eigenvalue weighted by Gasteiger charge is 2.33. The number of amides is 2. The minimum Gasteiger partial charge on any atom is -0.396 e. The molecule has 1 saturated heterocycles. The van der Waals surface area contributed by atoms with E-state index in [2.05, 4.69) is 5.32 Å². The van der Waals surface area contributed by atoms with Gasteiger partial charge in [-0.15, -0.1) is 0 Å². The van der Waals surface area contributed by atoms with Gasteiger partial charge >= 0.3 is 0 Å². The normalized spacial score (nSPS) is 18.3. The van der Waals surface area contributed by atoms with Gasteiger partial charge in [0.2, 0.25) is 5.91 Å². The van der Waals surface area contributed by atoms with Gasteiger partial charge in [-0.05, 0) is 13.0 Å². The molecule has 1 aromatic carbocycles. The lowest BCUT2D eigenvalue weighted by Crippen LogP contribution is -2.55. The summed E-state index contributed by atoms with van der Waals surface area (Å²) in [5.74, 6) is -2.05. The van der Waals surface area contributed by atoms with Crippen molar-refractivity contribution in [2.75, 3.05) is 18.8 Å². The van der Waals surface area contributed by atoms with Crippen molar-refractivity contribution in [1.29, 1.82) is 0 Å². The van der Waals surface area contributed by atoms with Crippen LogP contribution in [0.3, 0.4) is 0 Å². The second kappa shape index (κ2) is 5.35. The van der Waals surface area contributed by atoms with E-state index >= 15 is 0 Å². The van der Waals surface area contributed by atoms with Gasteiger partial charge in [-0.25, -0.2) is 4.39 Å². The summed E-state index contributed by atoms with van der Waals surface area (Å²) in [5.41, 5.74) is 4.00. The first-order valence-corrected chi connectivity index (χ1v) is 6.15. The van der Waals surface area contributed by atoms with Gasteiger partial charge in [-0.3, -0.25) is 19.7 Å². The Hall–Kier alpha value is -2.71. The van der Waals surface area contributed by atoms with Crippen molar-refractivity contribution in [2.45, 2.75) is 13.0 Å². The minimum absolute atomic E-state index is 0.209. The smallest absolute Gasteiger partial charge is 0.285 e. The van der Waals surface area contributed by atoms with Crippen LogP contribution >= 0.6 is 0 Å². The van der Waals surface area contributed by atoms with E-state index in [0.717, 1.165) is 6.07 Å². The minimum atomic E-state index is -0.970. The van der Waals surface area contributed by atoms with Gasteiger partial charge in [-0.2, -0.15) is 0 Å². The second-order valence-corrected chi connectivity index (χ2v) is 4.61. The summed E-state index contributed by atoms with van der Waals surface area (Å²) >= 11 is 0. The lowest BCUT2D eigenvalue weighted by Gasteiger charge is -2.32. The molecular formula is C12H13FN4O4. The number of nitro groups is 1. The molecule has 0 bridgehead atoms. The number of nitrogens with one attached hydrogen (secondary N) is 1. The van der Waals surface area contributed by atoms with Crippen molar-refractivity contribution in [3.63, 3.8) is 0 Å². The zero-order valence-electron chi connectivity index (χ0n) is 11.1. The fourth-order valence-electron chi connectivity index (χ4n) is 2.12. The quantitative estimate of drug-likeness (QED) is 0.461. The molecule has 1 aliphatic heterocycles. The van der Waals surface area contributed by atoms with Crippen molar-refractivity contribution in [2.24, 2.45) is 0 Å². The molecule has 1 heterocycles. The van der Waals surface area contributed by atoms with Crippen molar-refractivity contribution in [1.82, 2.24) is 10.2 Å². The molecule has 2 rings (SSSR count). The predicted octanol–water partition coefficient (Wildman–Crippen LogP) is 0.277. The first-order chi connectivity index (χ1) is 9.82. The van der Waals surface area contributed by atoms with Crippen LogP contribution in [0.25, 0.3) is 0 Å². The Bertz CT molecular complexity index is 634. The highest BCUT2D eigenvalue weighted by atomic mass is 19.1. The van der Waals surface area contributed by atoms with Gasteiger partial charge in [-0.1, -0.05) is 0 Å². The summed E-state index contributed by atoms with van der Waals surface area (Å²) < 4.78 is 13.3. The molecular weight excluding hydrogens is 283 g/mol. The van der Waals surface area contributed by atoms with Gasteiger partial charge in [0.25, 0.3) is 11.6 Å². The maximum atomic E-state index is 13.3. The molecule has 0 spiro atoms. The number of benzene rings is 1. The van der Waals surface area contributed by atoms with Gasteiger partial charge in [0, 0.05) is 13.1 Å². The molecule has 0 aromatic heterocycles. The first kappa shape index (κ1) is 14.7. The van der Waals surface area contributed by atoms with Crippen LogP contribution in [0, 0.1) is 15.9 Å². The van der Waals surface area contributed by atoms with Crippen LogP contribution in [-0.4, -0.2) is 40.8 Å². The average Bonchev–Trinajstić information content (AvgIpc) is 2.43. The maximum absolute atomic E-state index is 13.3. The summed E-state index contributed by atoms with van der Waals surface area (Å²) in [6, 6.07) is 0.767. The zero-order chi connectivity index (χ0) is 15.7. The second-order valence-electron chi connectivity index (χ2n) is 4.61. The van der Waals surface area contributed by atoms with Crippen LogP contribution in [-0.2, 0) is 4.79 Å². The summed E-state index contributed by atoms with van der Waals surface area (Å²) in [4.78, 5) is 35.3. The van der Waals surface area contributed by atoms with E-state index in [4.69, 9.17) is 5.73 Å². The van der Waals surface area contributed by atoms with E-state index in [1.54, 1.807) is 0 Å². The molecule has 2 amide bonds. The van der Waals surface area contributed by atoms with Crippen LogP contribution in [0.4, 0.5) is 15.8 Å². The van der Waals surface area contributed by atoms with Gasteiger partial charge in [0.1, 0.15) is 11.6 Å². The standard InChI is InChI=1S/C12H13FN4O4/c1-6-11(18)15-2-3-16(6)12(19)7-4-9(14)8(13)5-10(7)17(20)21/h4-6H,2-3,14H2,1H3,(H,15,18). The van der Waals surface area contributed by atoms with Crippen molar-refractivity contribution in [3.8, 4) is 0 Å². The topological polar surface area (TPSA) is 119 Å². The van der Waals surface area contributed by atoms with Gasteiger partial charge < -0.3 is 16.0 Å². The summed E-state index contributed by atoms with van der Waals surface area (Å²) in [6.07, 6.45) is 0. The van der Waals surface area contributed by atoms with Crippen LogP contribution in [0.5, 0.6) is 0 Å². The van der Waals surface area contributed by atoms with Crippen molar-refractivity contribution < 1.29 is 18.9 Å². The Morgan fingerprint density at radius 1 is 1.57 bits per heavy atom. The van der Waals surface area contributed by atoms with Crippen LogP contribution in [0.1, 0.15) is 17.3 Å². The lowest BCUT2D eigenvalue weighted by atomic mass is 10.1. The fourth-order valence-corrected chi connectivity index (χ4v) is 2.12. The molecule has 9 heteroatoms. The third-order valence-corrected chi connectivity index (χ3v) is 3.30. The number of nitrogens with two attached hydrogens (primary N) is 1. The average molecular weight is 296 g/mol. The highest BCUT2D eigenvalue weighted by molar-refractivity contribution is 6.01. The third kappa shape index (κ3) is 2.62. The molecule has 3 N–H and O–H groups in total. The number of carbonyl (C=O) groups is 2. The molecule has 1 fully saturated rings. The number of halogens is 1. The Labute approximate surface area is 118 Å². The van der Waals surface area contributed by atoms with E-state index in [1.807, 2.05) is 0 Å². The van der Waals surface area contributed by atoms with Gasteiger partial charge in [0.15, 0.2) is 5.82 Å². The molecule has 0 aliphatic carbocycles. The fraction of sp³-hybridized carbons (Fsp3) is 0.333. The number of hydrogen-bond donors (Lipinski definition) is 2. The number of piperazine rings is 1. The van der Waals surface area contributed by atoms with Crippen molar-refractivity contribution in [3.05, 3.63) is 33.6 Å². The largest absolute Gasteiger partial charge is 0.396 e. The molecule has 1 unspecified atom stereocenters. The van der Waals surface area contributed by atoms with E-state index in [9.17, 15) is 24.1 Å². The number of carbonyl (C=O) groups excluding carboxylic acids is 2. The molecule has 0 saturated carbocycles. The van der Waals surface area contributed by atoms with Crippen LogP contribution in [0.2, 0.25) is 0 Å². The number of nitro benzene ring substituents is 1. The molecule has 1 aromatic rings. The highest BCUT2D eigenvalue weighted by Crippen LogP contribution is 2.26. The predicted molar refractivity (Wildman–Crippen MR) is 71.0 cm³/mol. The Kier molecular flexibility index (Phi) is 3.74. The molecule has 1 atom stereocenters.